The van der Waals surface area contributed by atoms with Crippen molar-refractivity contribution in [3.05, 3.63) is 35.9 Å². The second kappa shape index (κ2) is 5.98. The Bertz CT molecular complexity index is 399. The van der Waals surface area contributed by atoms with Gasteiger partial charge in [0.1, 0.15) is 0 Å². The molecule has 0 aliphatic heterocycles. The molecule has 0 aliphatic rings. The van der Waals surface area contributed by atoms with Crippen LogP contribution in [0.15, 0.2) is 30.3 Å². The molecule has 1 unspecified atom stereocenters. The van der Waals surface area contributed by atoms with Crippen LogP contribution < -0.4 is 0 Å². The first-order chi connectivity index (χ1) is 7.47. The summed E-state index contributed by atoms with van der Waals surface area (Å²) in [5, 5.41) is 9.26. The van der Waals surface area contributed by atoms with E-state index in [0.29, 0.717) is 12.8 Å². The van der Waals surface area contributed by atoms with Crippen LogP contribution in [0.4, 0.5) is 0 Å². The largest absolute Gasteiger partial charge is 0.367 e. The third-order valence-electron chi connectivity index (χ3n) is 2.05. The van der Waals surface area contributed by atoms with E-state index in [0.717, 1.165) is 18.2 Å². The molecule has 1 atom stereocenters. The molecule has 1 rings (SSSR count). The van der Waals surface area contributed by atoms with Crippen molar-refractivity contribution in [3.63, 3.8) is 0 Å². The number of rotatable bonds is 6. The minimum Gasteiger partial charge on any atom is -0.367 e. The molecule has 90 valence electrons. The van der Waals surface area contributed by atoms with Crippen LogP contribution in [0.25, 0.3) is 0 Å². The van der Waals surface area contributed by atoms with Crippen LogP contribution in [-0.2, 0) is 20.7 Å². The first-order valence-electron chi connectivity index (χ1n) is 5.07. The predicted octanol–water partition coefficient (Wildman–Crippen LogP) is 1.30. The molecule has 0 radical (unpaired) electrons. The molecule has 5 heteroatoms. The third-order valence-corrected chi connectivity index (χ3v) is 2.62. The Labute approximate surface area is 96.0 Å². The van der Waals surface area contributed by atoms with Gasteiger partial charge in [0.2, 0.25) is 0 Å². The van der Waals surface area contributed by atoms with E-state index in [1.807, 2.05) is 30.3 Å². The first kappa shape index (κ1) is 13.2. The Morgan fingerprint density at radius 2 is 1.94 bits per heavy atom. The summed E-state index contributed by atoms with van der Waals surface area (Å²) >= 11 is 0. The van der Waals surface area contributed by atoms with E-state index in [9.17, 15) is 13.5 Å². The number of hydrogen-bond acceptors (Lipinski definition) is 4. The molecule has 0 saturated heterocycles. The standard InChI is InChI=1S/C11H16O4S/c1-16(13,14)15-11(12)9-5-8-10-6-3-2-4-7-10/h2-4,6-7,11-12H,5,8-9H2,1H3. The normalized spacial score (nSPS) is 13.6. The van der Waals surface area contributed by atoms with E-state index in [4.69, 9.17) is 0 Å². The summed E-state index contributed by atoms with van der Waals surface area (Å²) in [5.41, 5.74) is 1.16. The lowest BCUT2D eigenvalue weighted by Gasteiger charge is -2.09. The second-order valence-electron chi connectivity index (χ2n) is 3.63. The number of benzene rings is 1. The van der Waals surface area contributed by atoms with Gasteiger partial charge in [-0.25, -0.2) is 4.18 Å². The average Bonchev–Trinajstić information content (AvgIpc) is 2.16. The van der Waals surface area contributed by atoms with Gasteiger partial charge >= 0.3 is 0 Å². The molecule has 0 spiro atoms. The zero-order chi connectivity index (χ0) is 12.0. The lowest BCUT2D eigenvalue weighted by atomic mass is 10.1. The van der Waals surface area contributed by atoms with Crippen LogP contribution in [0, 0.1) is 0 Å². The van der Waals surface area contributed by atoms with E-state index in [1.54, 1.807) is 0 Å². The van der Waals surface area contributed by atoms with Crippen LogP contribution in [0.2, 0.25) is 0 Å². The Balaban J connectivity index is 2.26. The molecule has 1 aromatic rings. The van der Waals surface area contributed by atoms with Gasteiger partial charge in [0.15, 0.2) is 6.29 Å². The number of aryl methyl sites for hydroxylation is 1. The summed E-state index contributed by atoms with van der Waals surface area (Å²) in [5.74, 6) is 0. The fourth-order valence-electron chi connectivity index (χ4n) is 1.38. The van der Waals surface area contributed by atoms with Crippen molar-refractivity contribution >= 4 is 10.1 Å². The van der Waals surface area contributed by atoms with Crippen LogP contribution >= 0.6 is 0 Å². The molecule has 0 aliphatic carbocycles. The highest BCUT2D eigenvalue weighted by Crippen LogP contribution is 2.08. The van der Waals surface area contributed by atoms with E-state index in [1.165, 1.54) is 0 Å². The van der Waals surface area contributed by atoms with Gasteiger partial charge < -0.3 is 5.11 Å². The molecule has 16 heavy (non-hydrogen) atoms. The molecular formula is C11H16O4S. The van der Waals surface area contributed by atoms with Gasteiger partial charge in [0, 0.05) is 0 Å². The van der Waals surface area contributed by atoms with Crippen molar-refractivity contribution in [1.82, 2.24) is 0 Å². The van der Waals surface area contributed by atoms with Crippen molar-refractivity contribution in [2.45, 2.75) is 25.6 Å². The van der Waals surface area contributed by atoms with Gasteiger partial charge in [-0.05, 0) is 24.8 Å². The van der Waals surface area contributed by atoms with Crippen LogP contribution in [0.5, 0.6) is 0 Å². The van der Waals surface area contributed by atoms with Crippen molar-refractivity contribution in [3.8, 4) is 0 Å². The Morgan fingerprint density at radius 3 is 2.50 bits per heavy atom. The van der Waals surface area contributed by atoms with Gasteiger partial charge in [-0.3, -0.25) is 0 Å². The quantitative estimate of drug-likeness (QED) is 0.605. The lowest BCUT2D eigenvalue weighted by Crippen LogP contribution is -2.16. The zero-order valence-corrected chi connectivity index (χ0v) is 9.98. The molecule has 0 bridgehead atoms. The highest BCUT2D eigenvalue weighted by atomic mass is 32.2. The van der Waals surface area contributed by atoms with Gasteiger partial charge in [-0.2, -0.15) is 8.42 Å². The maximum Gasteiger partial charge on any atom is 0.266 e. The van der Waals surface area contributed by atoms with Crippen molar-refractivity contribution in [2.75, 3.05) is 6.26 Å². The Kier molecular flexibility index (Phi) is 4.92. The number of aliphatic hydroxyl groups is 1. The number of hydrogen-bond donors (Lipinski definition) is 1. The first-order valence-corrected chi connectivity index (χ1v) is 6.89. The third kappa shape index (κ3) is 5.85. The highest BCUT2D eigenvalue weighted by Gasteiger charge is 2.11. The topological polar surface area (TPSA) is 63.6 Å². The lowest BCUT2D eigenvalue weighted by molar-refractivity contribution is -0.0180. The van der Waals surface area contributed by atoms with Crippen LogP contribution in [-0.4, -0.2) is 26.1 Å². The van der Waals surface area contributed by atoms with Crippen LogP contribution in [0.1, 0.15) is 18.4 Å². The van der Waals surface area contributed by atoms with E-state index >= 15 is 0 Å². The SMILES string of the molecule is CS(=O)(=O)OC(O)CCCc1ccccc1. The van der Waals surface area contributed by atoms with Gasteiger partial charge in [-0.1, -0.05) is 30.3 Å². The van der Waals surface area contributed by atoms with E-state index < -0.39 is 16.4 Å². The summed E-state index contributed by atoms with van der Waals surface area (Å²) in [7, 11) is -3.57. The minimum atomic E-state index is -3.57. The molecule has 0 amide bonds. The van der Waals surface area contributed by atoms with Gasteiger partial charge in [0.05, 0.1) is 6.26 Å². The Hall–Kier alpha value is -0.910. The van der Waals surface area contributed by atoms with Crippen molar-refractivity contribution < 1.29 is 17.7 Å². The molecular weight excluding hydrogens is 228 g/mol. The van der Waals surface area contributed by atoms with E-state index in [2.05, 4.69) is 4.18 Å². The summed E-state index contributed by atoms with van der Waals surface area (Å²) in [6.07, 6.45) is 1.47. The van der Waals surface area contributed by atoms with Crippen LogP contribution in [0.3, 0.4) is 0 Å². The molecule has 0 saturated carbocycles. The second-order valence-corrected chi connectivity index (χ2v) is 5.23. The molecule has 1 N–H and O–H groups in total. The fraction of sp³-hybridized carbons (Fsp3) is 0.455. The highest BCUT2D eigenvalue weighted by molar-refractivity contribution is 7.86. The Morgan fingerprint density at radius 1 is 1.31 bits per heavy atom. The minimum absolute atomic E-state index is 0.308. The summed E-state index contributed by atoms with van der Waals surface area (Å²) in [4.78, 5) is 0. The van der Waals surface area contributed by atoms with E-state index in [-0.39, 0.29) is 0 Å². The molecule has 0 heterocycles. The smallest absolute Gasteiger partial charge is 0.266 e. The fourth-order valence-corrected chi connectivity index (χ4v) is 1.88. The van der Waals surface area contributed by atoms with Crippen molar-refractivity contribution in [1.29, 1.82) is 0 Å². The summed E-state index contributed by atoms with van der Waals surface area (Å²) < 4.78 is 25.8. The average molecular weight is 244 g/mol. The maximum absolute atomic E-state index is 10.7. The monoisotopic (exact) mass is 244 g/mol. The van der Waals surface area contributed by atoms with Gasteiger partial charge in [0.25, 0.3) is 10.1 Å². The molecule has 1 aromatic carbocycles. The van der Waals surface area contributed by atoms with Crippen molar-refractivity contribution in [2.24, 2.45) is 0 Å². The predicted molar refractivity (Wildman–Crippen MR) is 61.3 cm³/mol. The molecule has 4 nitrogen and oxygen atoms in total. The summed E-state index contributed by atoms with van der Waals surface area (Å²) in [6.45, 7) is 0. The van der Waals surface area contributed by atoms with Gasteiger partial charge in [-0.15, -0.1) is 0 Å². The number of aliphatic hydroxyl groups excluding tert-OH is 1. The zero-order valence-electron chi connectivity index (χ0n) is 9.17. The molecule has 0 fully saturated rings. The molecule has 0 aromatic heterocycles. The maximum atomic E-state index is 10.7. The summed E-state index contributed by atoms with van der Waals surface area (Å²) in [6, 6.07) is 9.80.